The van der Waals surface area contributed by atoms with Gasteiger partial charge in [-0.25, -0.2) is 4.98 Å². The molecule has 4 nitrogen and oxygen atoms in total. The van der Waals surface area contributed by atoms with Crippen molar-refractivity contribution in [3.05, 3.63) is 52.0 Å². The molecule has 0 saturated carbocycles. The quantitative estimate of drug-likeness (QED) is 0.679. The number of thiophene rings is 1. The van der Waals surface area contributed by atoms with E-state index in [0.29, 0.717) is 10.7 Å². The van der Waals surface area contributed by atoms with Gasteiger partial charge in [0, 0.05) is 22.3 Å². The van der Waals surface area contributed by atoms with Gasteiger partial charge in [0.15, 0.2) is 0 Å². The number of nitrogens with zero attached hydrogens (tertiary/aromatic N) is 1. The van der Waals surface area contributed by atoms with Gasteiger partial charge in [0.1, 0.15) is 9.71 Å². The lowest BCUT2D eigenvalue weighted by Crippen LogP contribution is -2.11. The summed E-state index contributed by atoms with van der Waals surface area (Å²) in [4.78, 5) is 16.4. The first-order valence-electron chi connectivity index (χ1n) is 6.58. The predicted molar refractivity (Wildman–Crippen MR) is 88.4 cm³/mol. The zero-order valence-corrected chi connectivity index (χ0v) is 13.4. The van der Waals surface area contributed by atoms with Crippen LogP contribution < -0.4 is 11.1 Å². The SMILES string of the molecule is Nc1c(C(=O)Nc2ccc(Cl)cc2)sc2ncc(C(F)(F)F)cc12. The maximum atomic E-state index is 12.8. The largest absolute Gasteiger partial charge is 0.417 e. The van der Waals surface area contributed by atoms with E-state index in [9.17, 15) is 18.0 Å². The van der Waals surface area contributed by atoms with E-state index in [1.165, 1.54) is 0 Å². The molecule has 3 aromatic rings. The smallest absolute Gasteiger partial charge is 0.397 e. The molecule has 0 radical (unpaired) electrons. The summed E-state index contributed by atoms with van der Waals surface area (Å²) in [6, 6.07) is 7.30. The van der Waals surface area contributed by atoms with Crippen LogP contribution in [0.15, 0.2) is 36.5 Å². The van der Waals surface area contributed by atoms with E-state index in [1.807, 2.05) is 0 Å². The summed E-state index contributed by atoms with van der Waals surface area (Å²) in [7, 11) is 0. The summed E-state index contributed by atoms with van der Waals surface area (Å²) in [5.41, 5.74) is 5.40. The van der Waals surface area contributed by atoms with Crippen molar-refractivity contribution in [3.8, 4) is 0 Å². The molecule has 9 heteroatoms. The highest BCUT2D eigenvalue weighted by atomic mass is 35.5. The van der Waals surface area contributed by atoms with Gasteiger partial charge in [-0.05, 0) is 30.3 Å². The average molecular weight is 372 g/mol. The summed E-state index contributed by atoms with van der Waals surface area (Å²) in [5, 5.41) is 3.23. The fourth-order valence-electron chi connectivity index (χ4n) is 2.05. The summed E-state index contributed by atoms with van der Waals surface area (Å²) in [5.74, 6) is -0.522. The van der Waals surface area contributed by atoms with E-state index in [-0.39, 0.29) is 20.8 Å². The Hall–Kier alpha value is -2.32. The molecule has 1 aromatic carbocycles. The number of aromatic nitrogens is 1. The maximum Gasteiger partial charge on any atom is 0.417 e. The summed E-state index contributed by atoms with van der Waals surface area (Å²) in [6.07, 6.45) is -3.81. The molecule has 0 aliphatic rings. The summed E-state index contributed by atoms with van der Waals surface area (Å²) in [6.45, 7) is 0. The monoisotopic (exact) mass is 371 g/mol. The number of benzene rings is 1. The van der Waals surface area contributed by atoms with Crippen molar-refractivity contribution >= 4 is 50.4 Å². The lowest BCUT2D eigenvalue weighted by Gasteiger charge is -2.05. The van der Waals surface area contributed by atoms with Crippen molar-refractivity contribution < 1.29 is 18.0 Å². The van der Waals surface area contributed by atoms with Gasteiger partial charge < -0.3 is 11.1 Å². The van der Waals surface area contributed by atoms with Gasteiger partial charge in [-0.2, -0.15) is 13.2 Å². The van der Waals surface area contributed by atoms with E-state index in [1.54, 1.807) is 24.3 Å². The minimum absolute atomic E-state index is 0.0277. The molecule has 124 valence electrons. The summed E-state index contributed by atoms with van der Waals surface area (Å²) >= 11 is 6.70. The third kappa shape index (κ3) is 3.15. The van der Waals surface area contributed by atoms with Gasteiger partial charge in [0.05, 0.1) is 11.3 Å². The Morgan fingerprint density at radius 3 is 2.54 bits per heavy atom. The Labute approximate surface area is 143 Å². The molecule has 2 heterocycles. The molecule has 0 aliphatic heterocycles. The molecular formula is C15H9ClF3N3OS. The van der Waals surface area contributed by atoms with Gasteiger partial charge in [-0.15, -0.1) is 11.3 Å². The zero-order valence-electron chi connectivity index (χ0n) is 11.8. The molecule has 0 unspecified atom stereocenters. The van der Waals surface area contributed by atoms with Crippen molar-refractivity contribution in [3.63, 3.8) is 0 Å². The Kier molecular flexibility index (Phi) is 4.10. The van der Waals surface area contributed by atoms with E-state index in [0.717, 1.165) is 23.6 Å². The number of rotatable bonds is 2. The maximum absolute atomic E-state index is 12.8. The lowest BCUT2D eigenvalue weighted by atomic mass is 10.2. The number of amides is 1. The Morgan fingerprint density at radius 2 is 1.92 bits per heavy atom. The van der Waals surface area contributed by atoms with Crippen LogP contribution in [0.3, 0.4) is 0 Å². The van der Waals surface area contributed by atoms with Crippen LogP contribution in [0, 0.1) is 0 Å². The van der Waals surface area contributed by atoms with Crippen molar-refractivity contribution in [2.24, 2.45) is 0 Å². The minimum atomic E-state index is -4.53. The van der Waals surface area contributed by atoms with E-state index < -0.39 is 17.6 Å². The van der Waals surface area contributed by atoms with Gasteiger partial charge in [0.2, 0.25) is 0 Å². The summed E-state index contributed by atoms with van der Waals surface area (Å²) < 4.78 is 38.3. The van der Waals surface area contributed by atoms with Crippen LogP contribution in [0.5, 0.6) is 0 Å². The predicted octanol–water partition coefficient (Wildman–Crippen LogP) is 4.80. The first-order chi connectivity index (χ1) is 11.3. The number of hydrogen-bond acceptors (Lipinski definition) is 4. The van der Waals surface area contributed by atoms with Crippen LogP contribution in [0.1, 0.15) is 15.2 Å². The number of carbonyl (C=O) groups is 1. The molecule has 2 aromatic heterocycles. The fourth-order valence-corrected chi connectivity index (χ4v) is 3.11. The van der Waals surface area contributed by atoms with Crippen molar-refractivity contribution in [2.75, 3.05) is 11.1 Å². The standard InChI is InChI=1S/C15H9ClF3N3OS/c16-8-1-3-9(4-2-8)22-13(23)12-11(20)10-5-7(15(17,18)19)6-21-14(10)24-12/h1-6H,20H2,(H,22,23). The highest BCUT2D eigenvalue weighted by Crippen LogP contribution is 2.37. The van der Waals surface area contributed by atoms with E-state index in [2.05, 4.69) is 10.3 Å². The number of hydrogen-bond donors (Lipinski definition) is 2. The minimum Gasteiger partial charge on any atom is -0.397 e. The molecule has 0 aliphatic carbocycles. The Morgan fingerprint density at radius 1 is 1.25 bits per heavy atom. The number of nitrogen functional groups attached to an aromatic ring is 1. The average Bonchev–Trinajstić information content (AvgIpc) is 2.85. The second-order valence-corrected chi connectivity index (χ2v) is 6.32. The highest BCUT2D eigenvalue weighted by molar-refractivity contribution is 7.21. The molecule has 0 saturated heterocycles. The lowest BCUT2D eigenvalue weighted by molar-refractivity contribution is -0.137. The number of fused-ring (bicyclic) bond motifs is 1. The third-order valence-corrected chi connectivity index (χ3v) is 4.60. The van der Waals surface area contributed by atoms with Gasteiger partial charge in [0.25, 0.3) is 5.91 Å². The van der Waals surface area contributed by atoms with E-state index in [4.69, 9.17) is 17.3 Å². The number of halogens is 4. The number of nitrogens with two attached hydrogens (primary N) is 1. The molecule has 0 atom stereocenters. The molecule has 3 N–H and O–H groups in total. The highest BCUT2D eigenvalue weighted by Gasteiger charge is 2.32. The fraction of sp³-hybridized carbons (Fsp3) is 0.0667. The van der Waals surface area contributed by atoms with Crippen LogP contribution in [-0.4, -0.2) is 10.9 Å². The van der Waals surface area contributed by atoms with Crippen LogP contribution in [0.4, 0.5) is 24.5 Å². The molecule has 0 spiro atoms. The number of carbonyl (C=O) groups excluding carboxylic acids is 1. The molecule has 24 heavy (non-hydrogen) atoms. The molecule has 1 amide bonds. The van der Waals surface area contributed by atoms with Gasteiger partial charge in [-0.3, -0.25) is 4.79 Å². The van der Waals surface area contributed by atoms with Gasteiger partial charge in [-0.1, -0.05) is 11.6 Å². The zero-order chi connectivity index (χ0) is 17.5. The number of alkyl halides is 3. The van der Waals surface area contributed by atoms with Crippen LogP contribution in [0.25, 0.3) is 10.2 Å². The van der Waals surface area contributed by atoms with E-state index >= 15 is 0 Å². The molecular weight excluding hydrogens is 363 g/mol. The van der Waals surface area contributed by atoms with Crippen molar-refractivity contribution in [1.29, 1.82) is 0 Å². The number of nitrogens with one attached hydrogen (secondary N) is 1. The van der Waals surface area contributed by atoms with Gasteiger partial charge >= 0.3 is 6.18 Å². The second kappa shape index (κ2) is 5.95. The molecule has 3 rings (SSSR count). The third-order valence-electron chi connectivity index (χ3n) is 3.22. The van der Waals surface area contributed by atoms with Crippen LogP contribution in [0.2, 0.25) is 5.02 Å². The van der Waals surface area contributed by atoms with Crippen molar-refractivity contribution in [2.45, 2.75) is 6.18 Å². The normalized spacial score (nSPS) is 11.7. The number of anilines is 2. The number of pyridine rings is 1. The molecule has 0 bridgehead atoms. The first kappa shape index (κ1) is 16.5. The first-order valence-corrected chi connectivity index (χ1v) is 7.77. The Bertz CT molecular complexity index is 922. The van der Waals surface area contributed by atoms with Crippen molar-refractivity contribution in [1.82, 2.24) is 4.98 Å². The second-order valence-electron chi connectivity index (χ2n) is 4.88. The topological polar surface area (TPSA) is 68.0 Å². The van der Waals surface area contributed by atoms with Crippen LogP contribution >= 0.6 is 22.9 Å². The van der Waals surface area contributed by atoms with Crippen LogP contribution in [-0.2, 0) is 6.18 Å². The Balaban J connectivity index is 1.96. The molecule has 0 fully saturated rings.